The summed E-state index contributed by atoms with van der Waals surface area (Å²) in [7, 11) is 0. The molecule has 2 aromatic heterocycles. The first-order valence-electron chi connectivity index (χ1n) is 8.50. The van der Waals surface area contributed by atoms with Crippen molar-refractivity contribution in [2.24, 2.45) is 5.92 Å². The minimum atomic E-state index is -4.12. The Morgan fingerprint density at radius 3 is 2.80 bits per heavy atom. The quantitative estimate of drug-likeness (QED) is 0.728. The summed E-state index contributed by atoms with van der Waals surface area (Å²) in [5.74, 6) is -0.596. The van der Waals surface area contributed by atoms with Crippen LogP contribution in [0.1, 0.15) is 31.4 Å². The lowest BCUT2D eigenvalue weighted by Gasteiger charge is -2.31. The monoisotopic (exact) mass is 348 g/mol. The number of aromatic nitrogens is 3. The molecule has 0 spiro atoms. The summed E-state index contributed by atoms with van der Waals surface area (Å²) >= 11 is 0. The van der Waals surface area contributed by atoms with Crippen molar-refractivity contribution in [1.82, 2.24) is 14.6 Å². The van der Waals surface area contributed by atoms with Crippen molar-refractivity contribution >= 4 is 22.4 Å². The number of para-hydroxylation sites is 1. The summed E-state index contributed by atoms with van der Waals surface area (Å²) in [5, 5.41) is 8.59. The maximum Gasteiger partial charge on any atom is 0.391 e. The average Bonchev–Trinajstić information content (AvgIpc) is 2.95. The Morgan fingerprint density at radius 2 is 2.00 bits per heavy atom. The summed E-state index contributed by atoms with van der Waals surface area (Å²) < 4.78 is 41.0. The van der Waals surface area contributed by atoms with Gasteiger partial charge in [-0.1, -0.05) is 18.6 Å². The van der Waals surface area contributed by atoms with E-state index in [1.165, 1.54) is 0 Å². The fourth-order valence-electron chi connectivity index (χ4n) is 3.70. The van der Waals surface area contributed by atoms with Crippen molar-refractivity contribution in [3.63, 3.8) is 0 Å². The number of halogens is 3. The van der Waals surface area contributed by atoms with Crippen LogP contribution >= 0.6 is 0 Å². The fourth-order valence-corrected chi connectivity index (χ4v) is 3.70. The summed E-state index contributed by atoms with van der Waals surface area (Å²) in [6, 6.07) is 9.34. The normalized spacial score (nSPS) is 21.8. The van der Waals surface area contributed by atoms with Crippen molar-refractivity contribution in [2.75, 3.05) is 5.32 Å². The van der Waals surface area contributed by atoms with Gasteiger partial charge in [-0.05, 0) is 38.3 Å². The summed E-state index contributed by atoms with van der Waals surface area (Å²) in [6.45, 7) is 1.89. The van der Waals surface area contributed by atoms with Gasteiger partial charge in [-0.3, -0.25) is 0 Å². The Labute approximate surface area is 143 Å². The lowest BCUT2D eigenvalue weighted by molar-refractivity contribution is -0.182. The van der Waals surface area contributed by atoms with Crippen molar-refractivity contribution in [2.45, 2.75) is 44.8 Å². The molecule has 0 amide bonds. The molecule has 25 heavy (non-hydrogen) atoms. The lowest BCUT2D eigenvalue weighted by atomic mass is 9.85. The van der Waals surface area contributed by atoms with Gasteiger partial charge in [-0.25, -0.2) is 9.50 Å². The predicted octanol–water partition coefficient (Wildman–Crippen LogP) is 4.72. The first kappa shape index (κ1) is 16.2. The van der Waals surface area contributed by atoms with Crippen molar-refractivity contribution < 1.29 is 13.2 Å². The molecule has 4 rings (SSSR count). The molecule has 1 aliphatic carbocycles. The number of hydrogen-bond acceptors (Lipinski definition) is 3. The molecule has 1 N–H and O–H groups in total. The van der Waals surface area contributed by atoms with Gasteiger partial charge in [0.1, 0.15) is 5.82 Å². The molecule has 1 aromatic carbocycles. The molecular weight excluding hydrogens is 329 g/mol. The first-order valence-corrected chi connectivity index (χ1v) is 8.50. The zero-order valence-electron chi connectivity index (χ0n) is 13.8. The van der Waals surface area contributed by atoms with E-state index < -0.39 is 12.1 Å². The van der Waals surface area contributed by atoms with Crippen LogP contribution in [0.3, 0.4) is 0 Å². The highest BCUT2D eigenvalue weighted by Gasteiger charge is 2.42. The van der Waals surface area contributed by atoms with Crippen molar-refractivity contribution in [3.8, 4) is 0 Å². The second-order valence-corrected chi connectivity index (χ2v) is 6.78. The van der Waals surface area contributed by atoms with Gasteiger partial charge in [0.2, 0.25) is 0 Å². The number of nitrogens with one attached hydrogen (secondary N) is 1. The van der Waals surface area contributed by atoms with E-state index >= 15 is 0 Å². The second-order valence-electron chi connectivity index (χ2n) is 6.78. The molecule has 2 heterocycles. The maximum atomic E-state index is 13.1. The van der Waals surface area contributed by atoms with Crippen LogP contribution in [0.2, 0.25) is 0 Å². The molecule has 4 nitrogen and oxygen atoms in total. The van der Waals surface area contributed by atoms with Crippen molar-refractivity contribution in [3.05, 3.63) is 36.0 Å². The van der Waals surface area contributed by atoms with E-state index in [9.17, 15) is 13.2 Å². The minimum Gasteiger partial charge on any atom is -0.367 e. The molecule has 0 bridgehead atoms. The fraction of sp³-hybridized carbons (Fsp3) is 0.444. The minimum absolute atomic E-state index is 0.100. The van der Waals surface area contributed by atoms with Crippen LogP contribution in [0.4, 0.5) is 19.0 Å². The Hall–Kier alpha value is -2.31. The molecule has 1 fully saturated rings. The molecule has 7 heteroatoms. The smallest absolute Gasteiger partial charge is 0.367 e. The Bertz CT molecular complexity index is 916. The zero-order valence-corrected chi connectivity index (χ0v) is 13.8. The molecule has 1 aliphatic rings. The molecular formula is C18H19F3N4. The van der Waals surface area contributed by atoms with Crippen LogP contribution < -0.4 is 5.32 Å². The van der Waals surface area contributed by atoms with E-state index in [2.05, 4.69) is 15.4 Å². The Balaban J connectivity index is 1.71. The zero-order chi connectivity index (χ0) is 17.6. The lowest BCUT2D eigenvalue weighted by Crippen LogP contribution is -2.34. The van der Waals surface area contributed by atoms with Gasteiger partial charge in [0.15, 0.2) is 5.65 Å². The van der Waals surface area contributed by atoms with Gasteiger partial charge < -0.3 is 5.32 Å². The maximum absolute atomic E-state index is 13.1. The third-order valence-corrected chi connectivity index (χ3v) is 4.90. The Morgan fingerprint density at radius 1 is 1.20 bits per heavy atom. The van der Waals surface area contributed by atoms with Gasteiger partial charge in [0.25, 0.3) is 0 Å². The highest BCUT2D eigenvalue weighted by Crippen LogP contribution is 2.38. The average molecular weight is 348 g/mol. The molecule has 0 unspecified atom stereocenters. The second kappa shape index (κ2) is 5.89. The number of nitrogens with zero attached hydrogens (tertiary/aromatic N) is 3. The predicted molar refractivity (Wildman–Crippen MR) is 90.7 cm³/mol. The van der Waals surface area contributed by atoms with E-state index in [0.29, 0.717) is 17.9 Å². The van der Waals surface area contributed by atoms with E-state index in [4.69, 9.17) is 0 Å². The highest BCUT2D eigenvalue weighted by molar-refractivity contribution is 5.91. The van der Waals surface area contributed by atoms with E-state index in [1.807, 2.05) is 37.3 Å². The van der Waals surface area contributed by atoms with Crippen LogP contribution in [0.15, 0.2) is 30.3 Å². The van der Waals surface area contributed by atoms with E-state index in [0.717, 1.165) is 23.0 Å². The van der Waals surface area contributed by atoms with Gasteiger partial charge >= 0.3 is 6.18 Å². The number of aryl methyl sites for hydroxylation is 1. The summed E-state index contributed by atoms with van der Waals surface area (Å²) in [6.07, 6.45) is -2.50. The summed E-state index contributed by atoms with van der Waals surface area (Å²) in [5.41, 5.74) is 2.44. The highest BCUT2D eigenvalue weighted by atomic mass is 19.4. The molecule has 3 aromatic rings. The van der Waals surface area contributed by atoms with Gasteiger partial charge in [-0.2, -0.15) is 18.3 Å². The standard InChI is InChI=1S/C18H19F3N4/c1-11-9-16-23-17(14-7-2-3-8-15(14)25(16)24-11)22-13-6-4-5-12(10-13)18(19,20)21/h2-3,7-9,12-13H,4-6,10H2,1H3,(H,22,23)/t12-,13+/m0/s1. The number of hydrogen-bond donors (Lipinski definition) is 1. The summed E-state index contributed by atoms with van der Waals surface area (Å²) in [4.78, 5) is 4.61. The largest absolute Gasteiger partial charge is 0.391 e. The number of fused-ring (bicyclic) bond motifs is 3. The number of rotatable bonds is 2. The third-order valence-electron chi connectivity index (χ3n) is 4.90. The third kappa shape index (κ3) is 3.03. The number of anilines is 1. The van der Waals surface area contributed by atoms with Crippen LogP contribution in [0.25, 0.3) is 16.6 Å². The van der Waals surface area contributed by atoms with Crippen LogP contribution in [-0.2, 0) is 0 Å². The van der Waals surface area contributed by atoms with Gasteiger partial charge in [-0.15, -0.1) is 0 Å². The van der Waals surface area contributed by atoms with E-state index in [-0.39, 0.29) is 18.9 Å². The van der Waals surface area contributed by atoms with Crippen molar-refractivity contribution in [1.29, 1.82) is 0 Å². The first-order chi connectivity index (χ1) is 11.9. The topological polar surface area (TPSA) is 42.2 Å². The molecule has 2 atom stereocenters. The molecule has 0 radical (unpaired) electrons. The molecule has 1 saturated carbocycles. The number of benzene rings is 1. The van der Waals surface area contributed by atoms with Crippen LogP contribution in [0.5, 0.6) is 0 Å². The van der Waals surface area contributed by atoms with Crippen LogP contribution in [0, 0.1) is 12.8 Å². The Kier molecular flexibility index (Phi) is 3.81. The SMILES string of the molecule is Cc1cc2nc(N[C@@H]3CCC[C@H](C(F)(F)F)C3)c3ccccc3n2n1. The molecule has 0 saturated heterocycles. The van der Waals surface area contributed by atoms with Gasteiger partial charge in [0.05, 0.1) is 17.1 Å². The van der Waals surface area contributed by atoms with Crippen LogP contribution in [-0.4, -0.2) is 26.8 Å². The number of alkyl halides is 3. The molecule has 132 valence electrons. The van der Waals surface area contributed by atoms with Gasteiger partial charge in [0, 0.05) is 17.5 Å². The van der Waals surface area contributed by atoms with E-state index in [1.54, 1.807) is 4.52 Å². The molecule has 0 aliphatic heterocycles.